The van der Waals surface area contributed by atoms with Gasteiger partial charge in [0.15, 0.2) is 0 Å². The number of benzene rings is 2. The summed E-state index contributed by atoms with van der Waals surface area (Å²) in [5.41, 5.74) is 1.71. The van der Waals surface area contributed by atoms with E-state index in [9.17, 15) is 9.90 Å². The van der Waals surface area contributed by atoms with Crippen LogP contribution in [0.15, 0.2) is 70.8 Å². The van der Waals surface area contributed by atoms with Crippen LogP contribution in [0, 0.1) is 0 Å². The molecule has 2 heterocycles. The van der Waals surface area contributed by atoms with Crippen LogP contribution in [-0.2, 0) is 13.0 Å². The normalized spacial score (nSPS) is 12.2. The van der Waals surface area contributed by atoms with Gasteiger partial charge >= 0.3 is 0 Å². The fourth-order valence-corrected chi connectivity index (χ4v) is 3.98. The van der Waals surface area contributed by atoms with Crippen molar-refractivity contribution in [3.63, 3.8) is 0 Å². The fraction of sp³-hybridized carbons (Fsp3) is 0.217. The van der Waals surface area contributed by atoms with Crippen molar-refractivity contribution in [1.29, 1.82) is 0 Å². The highest BCUT2D eigenvalue weighted by atomic mass is 32.1. The maximum absolute atomic E-state index is 12.9. The molecule has 29 heavy (non-hydrogen) atoms. The number of aryl methyl sites for hydroxylation is 1. The largest absolute Gasteiger partial charge is 0.491 e. The zero-order valence-electron chi connectivity index (χ0n) is 16.1. The molecule has 0 unspecified atom stereocenters. The van der Waals surface area contributed by atoms with Gasteiger partial charge in [0.2, 0.25) is 0 Å². The number of aromatic nitrogens is 2. The molecule has 0 fully saturated rings. The number of fused-ring (bicyclic) bond motifs is 1. The molecule has 0 aliphatic carbocycles. The van der Waals surface area contributed by atoms with E-state index in [0.29, 0.717) is 11.1 Å². The van der Waals surface area contributed by atoms with Crippen molar-refractivity contribution in [2.75, 3.05) is 6.61 Å². The monoisotopic (exact) mass is 406 g/mol. The van der Waals surface area contributed by atoms with Crippen molar-refractivity contribution in [2.24, 2.45) is 0 Å². The highest BCUT2D eigenvalue weighted by molar-refractivity contribution is 7.13. The number of aliphatic hydroxyl groups excluding tert-OH is 1. The average molecular weight is 407 g/mol. The van der Waals surface area contributed by atoms with Crippen LogP contribution in [0.5, 0.6) is 5.75 Å². The van der Waals surface area contributed by atoms with Crippen molar-refractivity contribution in [1.82, 2.24) is 9.78 Å². The van der Waals surface area contributed by atoms with Gasteiger partial charge in [0, 0.05) is 5.39 Å². The first kappa shape index (κ1) is 19.4. The quantitative estimate of drug-likeness (QED) is 0.501. The van der Waals surface area contributed by atoms with Crippen molar-refractivity contribution >= 4 is 22.1 Å². The van der Waals surface area contributed by atoms with Gasteiger partial charge in [-0.05, 0) is 41.6 Å². The molecular weight excluding hydrogens is 384 g/mol. The van der Waals surface area contributed by atoms with Gasteiger partial charge in [-0.2, -0.15) is 5.10 Å². The Kier molecular flexibility index (Phi) is 5.74. The second-order valence-electron chi connectivity index (χ2n) is 6.82. The highest BCUT2D eigenvalue weighted by Crippen LogP contribution is 2.28. The van der Waals surface area contributed by atoms with E-state index in [1.165, 1.54) is 10.2 Å². The maximum atomic E-state index is 12.9. The minimum Gasteiger partial charge on any atom is -0.491 e. The van der Waals surface area contributed by atoms with Crippen LogP contribution in [0.1, 0.15) is 12.5 Å². The summed E-state index contributed by atoms with van der Waals surface area (Å²) in [5.74, 6) is 0.710. The Morgan fingerprint density at radius 1 is 1.10 bits per heavy atom. The lowest BCUT2D eigenvalue weighted by Gasteiger charge is -2.15. The van der Waals surface area contributed by atoms with E-state index in [0.717, 1.165) is 22.4 Å². The summed E-state index contributed by atoms with van der Waals surface area (Å²) < 4.78 is 7.06. The Labute approximate surface area is 172 Å². The third-order valence-electron chi connectivity index (χ3n) is 4.76. The molecule has 0 radical (unpaired) electrons. The number of nitrogens with zero attached hydrogens (tertiary/aromatic N) is 2. The molecule has 0 saturated carbocycles. The summed E-state index contributed by atoms with van der Waals surface area (Å²) >= 11 is 1.57. The second-order valence-corrected chi connectivity index (χ2v) is 7.77. The Morgan fingerprint density at radius 2 is 1.93 bits per heavy atom. The summed E-state index contributed by atoms with van der Waals surface area (Å²) in [4.78, 5) is 13.9. The molecule has 5 nitrogen and oxygen atoms in total. The zero-order valence-corrected chi connectivity index (χ0v) is 16.9. The van der Waals surface area contributed by atoms with Gasteiger partial charge in [-0.15, -0.1) is 11.3 Å². The molecule has 4 aromatic rings. The molecule has 4 rings (SSSR count). The summed E-state index contributed by atoms with van der Waals surface area (Å²) in [6, 6.07) is 19.2. The third kappa shape index (κ3) is 4.23. The van der Waals surface area contributed by atoms with Gasteiger partial charge in [0.25, 0.3) is 5.56 Å². The smallest absolute Gasteiger partial charge is 0.274 e. The van der Waals surface area contributed by atoms with E-state index in [4.69, 9.17) is 4.74 Å². The number of ether oxygens (including phenoxy) is 1. The minimum atomic E-state index is -0.858. The predicted molar refractivity (Wildman–Crippen MR) is 117 cm³/mol. The molecular formula is C23H22N2O3S. The summed E-state index contributed by atoms with van der Waals surface area (Å²) in [6.07, 6.45) is 0.0598. The molecule has 0 aliphatic rings. The number of aliphatic hydroxyl groups is 1. The van der Waals surface area contributed by atoms with Crippen LogP contribution in [0.2, 0.25) is 0 Å². The molecule has 148 valence electrons. The maximum Gasteiger partial charge on any atom is 0.274 e. The van der Waals surface area contributed by atoms with Crippen molar-refractivity contribution < 1.29 is 9.84 Å². The first-order valence-electron chi connectivity index (χ1n) is 9.59. The van der Waals surface area contributed by atoms with Gasteiger partial charge in [-0.25, -0.2) is 4.68 Å². The zero-order chi connectivity index (χ0) is 20.2. The Morgan fingerprint density at radius 3 is 2.69 bits per heavy atom. The lowest BCUT2D eigenvalue weighted by atomic mass is 10.1. The third-order valence-corrected chi connectivity index (χ3v) is 5.63. The van der Waals surface area contributed by atoms with E-state index in [2.05, 4.69) is 12.0 Å². The fourth-order valence-electron chi connectivity index (χ4n) is 3.25. The van der Waals surface area contributed by atoms with Crippen LogP contribution in [-0.4, -0.2) is 27.6 Å². The average Bonchev–Trinajstić information content (AvgIpc) is 3.29. The van der Waals surface area contributed by atoms with Gasteiger partial charge < -0.3 is 9.84 Å². The van der Waals surface area contributed by atoms with Crippen molar-refractivity contribution in [3.8, 4) is 16.3 Å². The Bertz CT molecular complexity index is 1170. The van der Waals surface area contributed by atoms with Crippen LogP contribution in [0.3, 0.4) is 0 Å². The van der Waals surface area contributed by atoms with E-state index in [-0.39, 0.29) is 18.7 Å². The van der Waals surface area contributed by atoms with Crippen molar-refractivity contribution in [2.45, 2.75) is 26.0 Å². The molecule has 0 bridgehead atoms. The van der Waals surface area contributed by atoms with Gasteiger partial charge in [0.05, 0.1) is 16.8 Å². The van der Waals surface area contributed by atoms with Crippen LogP contribution in [0.4, 0.5) is 0 Å². The first-order valence-corrected chi connectivity index (χ1v) is 10.5. The van der Waals surface area contributed by atoms with E-state index in [1.807, 2.05) is 60.0 Å². The van der Waals surface area contributed by atoms with Gasteiger partial charge in [-0.3, -0.25) is 4.79 Å². The molecule has 1 N–H and O–H groups in total. The number of rotatable bonds is 7. The second kappa shape index (κ2) is 8.59. The molecule has 0 amide bonds. The van der Waals surface area contributed by atoms with Crippen molar-refractivity contribution in [3.05, 3.63) is 82.0 Å². The lowest BCUT2D eigenvalue weighted by molar-refractivity contribution is 0.0882. The van der Waals surface area contributed by atoms with Gasteiger partial charge in [0.1, 0.15) is 24.2 Å². The lowest BCUT2D eigenvalue weighted by Crippen LogP contribution is -2.32. The number of hydrogen-bond donors (Lipinski definition) is 1. The molecule has 0 spiro atoms. The predicted octanol–water partition coefficient (Wildman–Crippen LogP) is 4.13. The molecule has 2 aromatic heterocycles. The highest BCUT2D eigenvalue weighted by Gasteiger charge is 2.15. The molecule has 0 saturated heterocycles. The number of hydrogen-bond acceptors (Lipinski definition) is 5. The van der Waals surface area contributed by atoms with E-state index < -0.39 is 6.10 Å². The topological polar surface area (TPSA) is 64.3 Å². The molecule has 1 atom stereocenters. The summed E-state index contributed by atoms with van der Waals surface area (Å²) in [7, 11) is 0. The number of thiophene rings is 1. The van der Waals surface area contributed by atoms with E-state index >= 15 is 0 Å². The summed E-state index contributed by atoms with van der Waals surface area (Å²) in [6.45, 7) is 2.23. The SMILES string of the molecule is CCc1cccc(OC[C@@H](O)Cn2nc(-c3cccs3)c3ccccc3c2=O)c1. The van der Waals surface area contributed by atoms with Crippen LogP contribution < -0.4 is 10.3 Å². The standard InChI is InChI=1S/C23H22N2O3S/c1-2-16-7-5-8-18(13-16)28-15-17(26)14-25-23(27)20-10-4-3-9-19(20)22(24-25)21-11-6-12-29-21/h3-13,17,26H,2,14-15H2,1H3/t17-/m0/s1. The molecule has 0 aliphatic heterocycles. The first-order chi connectivity index (χ1) is 14.2. The Hall–Kier alpha value is -2.96. The Balaban J connectivity index is 1.59. The minimum absolute atomic E-state index is 0.0650. The van der Waals surface area contributed by atoms with Gasteiger partial charge in [-0.1, -0.05) is 43.3 Å². The molecule has 2 aromatic carbocycles. The van der Waals surface area contributed by atoms with Crippen LogP contribution in [0.25, 0.3) is 21.3 Å². The van der Waals surface area contributed by atoms with E-state index in [1.54, 1.807) is 17.4 Å². The molecule has 6 heteroatoms. The van der Waals surface area contributed by atoms with Crippen LogP contribution >= 0.6 is 11.3 Å². The summed E-state index contributed by atoms with van der Waals surface area (Å²) in [5, 5.41) is 18.4.